The summed E-state index contributed by atoms with van der Waals surface area (Å²) in [6.07, 6.45) is 1.47. The zero-order valence-electron chi connectivity index (χ0n) is 15.1. The molecule has 1 saturated heterocycles. The Morgan fingerprint density at radius 3 is 2.50 bits per heavy atom. The molecule has 1 aliphatic heterocycles. The van der Waals surface area contributed by atoms with Crippen LogP contribution in [0.3, 0.4) is 0 Å². The lowest BCUT2D eigenvalue weighted by Gasteiger charge is -2.16. The fraction of sp³-hybridized carbons (Fsp3) is 0.158. The molecule has 3 rings (SSSR count). The van der Waals surface area contributed by atoms with Gasteiger partial charge in [-0.3, -0.25) is 19.8 Å². The minimum Gasteiger partial charge on any atom is -0.868 e. The van der Waals surface area contributed by atoms with Crippen LogP contribution >= 0.6 is 12.2 Å². The third kappa shape index (κ3) is 3.52. The van der Waals surface area contributed by atoms with Crippen LogP contribution in [-0.2, 0) is 4.79 Å². The summed E-state index contributed by atoms with van der Waals surface area (Å²) in [6, 6.07) is 10.6. The van der Waals surface area contributed by atoms with E-state index in [-0.39, 0.29) is 16.7 Å². The number of hydrogen-bond donors (Lipinski definition) is 0. The third-order valence-electron chi connectivity index (χ3n) is 4.15. The third-order valence-corrected chi connectivity index (χ3v) is 4.61. The minimum absolute atomic E-state index is 0.242. The Kier molecular flexibility index (Phi) is 5.27. The molecule has 0 aromatic heterocycles. The zero-order valence-corrected chi connectivity index (χ0v) is 15.9. The average Bonchev–Trinajstić information content (AvgIpc) is 2.87. The largest absolute Gasteiger partial charge is 0.868 e. The van der Waals surface area contributed by atoms with Crippen LogP contribution in [0, 0.1) is 10.1 Å². The highest BCUT2D eigenvalue weighted by Crippen LogP contribution is 2.30. The van der Waals surface area contributed by atoms with E-state index in [2.05, 4.69) is 0 Å². The van der Waals surface area contributed by atoms with E-state index in [1.807, 2.05) is 6.92 Å². The standard InChI is InChI=1S/C19H17N3O5S/c1-3-27-14-7-5-13(6-8-14)21-18(24)16(20(2)19(21)28)11-12-4-9-17(23)15(10-12)22(25)26/h4-11,23H,3H2,1-2H3/p-1/b16-11-. The fourth-order valence-electron chi connectivity index (χ4n) is 2.77. The normalized spacial score (nSPS) is 15.4. The molecule has 0 unspecified atom stereocenters. The van der Waals surface area contributed by atoms with E-state index >= 15 is 0 Å². The van der Waals surface area contributed by atoms with Gasteiger partial charge in [-0.05, 0) is 60.8 Å². The first-order valence-corrected chi connectivity index (χ1v) is 8.76. The lowest BCUT2D eigenvalue weighted by molar-refractivity contribution is -0.398. The van der Waals surface area contributed by atoms with Crippen molar-refractivity contribution in [3.63, 3.8) is 0 Å². The second-order valence-electron chi connectivity index (χ2n) is 5.92. The number of nitro groups is 1. The van der Waals surface area contributed by atoms with Crippen LogP contribution in [0.2, 0.25) is 0 Å². The molecule has 0 bridgehead atoms. The molecule has 9 heteroatoms. The molecule has 8 nitrogen and oxygen atoms in total. The van der Waals surface area contributed by atoms with E-state index in [1.165, 1.54) is 21.9 Å². The van der Waals surface area contributed by atoms with Crippen LogP contribution in [0.4, 0.5) is 11.4 Å². The molecule has 0 N–H and O–H groups in total. The van der Waals surface area contributed by atoms with Crippen LogP contribution in [0.5, 0.6) is 11.5 Å². The van der Waals surface area contributed by atoms with Crippen LogP contribution in [0.15, 0.2) is 48.2 Å². The van der Waals surface area contributed by atoms with Gasteiger partial charge in [-0.1, -0.05) is 12.1 Å². The van der Waals surface area contributed by atoms with Crippen molar-refractivity contribution in [2.75, 3.05) is 18.6 Å². The van der Waals surface area contributed by atoms with Gasteiger partial charge in [-0.15, -0.1) is 0 Å². The summed E-state index contributed by atoms with van der Waals surface area (Å²) in [5.74, 6) is -0.381. The smallest absolute Gasteiger partial charge is 0.281 e. The van der Waals surface area contributed by atoms with Gasteiger partial charge in [0, 0.05) is 13.1 Å². The molecular weight excluding hydrogens is 382 g/mol. The maximum Gasteiger partial charge on any atom is 0.281 e. The van der Waals surface area contributed by atoms with E-state index in [0.717, 1.165) is 12.1 Å². The van der Waals surface area contributed by atoms with Gasteiger partial charge in [-0.25, -0.2) is 0 Å². The summed E-state index contributed by atoms with van der Waals surface area (Å²) in [6.45, 7) is 2.41. The molecule has 2 aromatic carbocycles. The first-order chi connectivity index (χ1) is 13.3. The van der Waals surface area contributed by atoms with Crippen molar-refractivity contribution in [1.82, 2.24) is 4.90 Å². The molecule has 1 amide bonds. The fourth-order valence-corrected chi connectivity index (χ4v) is 3.05. The Morgan fingerprint density at radius 1 is 1.21 bits per heavy atom. The van der Waals surface area contributed by atoms with Crippen LogP contribution in [-0.4, -0.2) is 34.5 Å². The molecule has 0 spiro atoms. The summed E-state index contributed by atoms with van der Waals surface area (Å²) in [4.78, 5) is 26.0. The summed E-state index contributed by atoms with van der Waals surface area (Å²) in [5.41, 5.74) is 0.632. The minimum atomic E-state index is -0.749. The Hall–Kier alpha value is -3.46. The monoisotopic (exact) mass is 398 g/mol. The summed E-state index contributed by atoms with van der Waals surface area (Å²) >= 11 is 5.39. The number of anilines is 1. The second-order valence-corrected chi connectivity index (χ2v) is 6.29. The highest BCUT2D eigenvalue weighted by atomic mass is 32.1. The maximum absolute atomic E-state index is 12.9. The van der Waals surface area contributed by atoms with Crippen molar-refractivity contribution in [2.45, 2.75) is 6.92 Å². The van der Waals surface area contributed by atoms with Crippen molar-refractivity contribution >= 4 is 40.7 Å². The predicted octanol–water partition coefficient (Wildman–Crippen LogP) is 2.67. The Bertz CT molecular complexity index is 988. The molecule has 1 aliphatic rings. The number of carbonyl (C=O) groups is 1. The molecule has 0 atom stereocenters. The molecule has 0 radical (unpaired) electrons. The number of rotatable bonds is 5. The topological polar surface area (TPSA) is 99.0 Å². The lowest BCUT2D eigenvalue weighted by atomic mass is 10.1. The summed E-state index contributed by atoms with van der Waals surface area (Å²) < 4.78 is 5.40. The lowest BCUT2D eigenvalue weighted by Crippen LogP contribution is -2.31. The van der Waals surface area contributed by atoms with E-state index in [0.29, 0.717) is 23.6 Å². The second kappa shape index (κ2) is 7.65. The predicted molar refractivity (Wildman–Crippen MR) is 106 cm³/mol. The SMILES string of the molecule is CCOc1ccc(N2C(=O)/C(=C/c3ccc([O-])c([N+](=O)[O-])c3)N(C)C2=S)cc1. The highest BCUT2D eigenvalue weighted by molar-refractivity contribution is 7.80. The van der Waals surface area contributed by atoms with Crippen molar-refractivity contribution in [3.05, 3.63) is 63.8 Å². The van der Waals surface area contributed by atoms with Crippen molar-refractivity contribution in [2.24, 2.45) is 0 Å². The maximum atomic E-state index is 12.9. The Morgan fingerprint density at radius 2 is 1.89 bits per heavy atom. The van der Waals surface area contributed by atoms with Crippen molar-refractivity contribution in [1.29, 1.82) is 0 Å². The molecule has 1 heterocycles. The number of amides is 1. The Labute approximate surface area is 166 Å². The number of ether oxygens (including phenoxy) is 1. The van der Waals surface area contributed by atoms with Crippen LogP contribution < -0.4 is 14.7 Å². The zero-order chi connectivity index (χ0) is 20.4. The number of nitrogens with zero attached hydrogens (tertiary/aromatic N) is 3. The number of likely N-dealkylation sites (N-methyl/N-ethyl adjacent to an activating group) is 1. The van der Waals surface area contributed by atoms with Gasteiger partial charge < -0.3 is 14.7 Å². The quantitative estimate of drug-likeness (QED) is 0.330. The average molecular weight is 398 g/mol. The van der Waals surface area contributed by atoms with Gasteiger partial charge in [-0.2, -0.15) is 0 Å². The van der Waals surface area contributed by atoms with Crippen molar-refractivity contribution in [3.8, 4) is 11.5 Å². The van der Waals surface area contributed by atoms with Gasteiger partial charge >= 0.3 is 0 Å². The van der Waals surface area contributed by atoms with Crippen molar-refractivity contribution < 1.29 is 19.6 Å². The molecule has 144 valence electrons. The summed E-state index contributed by atoms with van der Waals surface area (Å²) in [5, 5.41) is 22.8. The van der Waals surface area contributed by atoms with Gasteiger partial charge in [0.25, 0.3) is 11.6 Å². The number of hydrogen-bond acceptors (Lipinski definition) is 6. The number of benzene rings is 2. The molecular formula is C19H16N3O5S-. The van der Waals surface area contributed by atoms with Gasteiger partial charge in [0.1, 0.15) is 11.4 Å². The molecule has 0 aliphatic carbocycles. The van der Waals surface area contributed by atoms with Gasteiger partial charge in [0.2, 0.25) is 0 Å². The van der Waals surface area contributed by atoms with E-state index in [9.17, 15) is 20.0 Å². The summed E-state index contributed by atoms with van der Waals surface area (Å²) in [7, 11) is 1.64. The first kappa shape index (κ1) is 19.3. The molecule has 2 aromatic rings. The number of nitro benzene ring substituents is 1. The Balaban J connectivity index is 1.95. The number of thiocarbonyl (C=S) groups is 1. The number of carbonyl (C=O) groups excluding carboxylic acids is 1. The first-order valence-electron chi connectivity index (χ1n) is 8.35. The van der Waals surface area contributed by atoms with Crippen LogP contribution in [0.1, 0.15) is 12.5 Å². The van der Waals surface area contributed by atoms with Gasteiger partial charge in [0.15, 0.2) is 5.11 Å². The van der Waals surface area contributed by atoms with E-state index in [1.54, 1.807) is 31.3 Å². The highest BCUT2D eigenvalue weighted by Gasteiger charge is 2.36. The van der Waals surface area contributed by atoms with E-state index < -0.39 is 16.4 Å². The van der Waals surface area contributed by atoms with Crippen LogP contribution in [0.25, 0.3) is 6.08 Å². The van der Waals surface area contributed by atoms with Gasteiger partial charge in [0.05, 0.1) is 17.2 Å². The molecule has 1 fully saturated rings. The molecule has 28 heavy (non-hydrogen) atoms. The molecule has 0 saturated carbocycles. The van der Waals surface area contributed by atoms with E-state index in [4.69, 9.17) is 17.0 Å².